The van der Waals surface area contributed by atoms with Gasteiger partial charge in [0, 0.05) is 27.8 Å². The second kappa shape index (κ2) is 26.9. The summed E-state index contributed by atoms with van der Waals surface area (Å²) in [5.74, 6) is -1.52. The van der Waals surface area contributed by atoms with E-state index >= 15 is 26.3 Å². The first kappa shape index (κ1) is 70.0. The molecule has 3 unspecified atom stereocenters. The Labute approximate surface area is 492 Å². The highest BCUT2D eigenvalue weighted by Crippen LogP contribution is 2.56. The van der Waals surface area contributed by atoms with Gasteiger partial charge in [-0.25, -0.2) is 0 Å². The third kappa shape index (κ3) is 14.7. The summed E-state index contributed by atoms with van der Waals surface area (Å²) in [7, 11) is -0.225. The van der Waals surface area contributed by atoms with E-state index in [1.165, 1.54) is 60.7 Å². The van der Waals surface area contributed by atoms with E-state index in [0.29, 0.717) is 45.2 Å². The van der Waals surface area contributed by atoms with E-state index in [4.69, 9.17) is 18.9 Å². The molecule has 87 heavy (non-hydrogen) atoms. The lowest BCUT2D eigenvalue weighted by Gasteiger charge is -2.48. The monoisotopic (exact) mass is 1300 g/mol. The Bertz CT molecular complexity index is 3080. The minimum Gasteiger partial charge on any atom is -0.490 e. The van der Waals surface area contributed by atoms with Gasteiger partial charge in [0.1, 0.15) is 44.2 Å². The van der Waals surface area contributed by atoms with Gasteiger partial charge < -0.3 is 42.6 Å². The molecule has 0 aliphatic rings. The molecule has 0 radical (unpaired) electrons. The van der Waals surface area contributed by atoms with Crippen LogP contribution in [0.15, 0.2) is 187 Å². The molecule has 29 heteroatoms. The minimum absolute atomic E-state index is 0.199. The van der Waals surface area contributed by atoms with E-state index < -0.39 is 138 Å². The minimum atomic E-state index is -6.31. The van der Waals surface area contributed by atoms with Crippen LogP contribution in [0.25, 0.3) is 0 Å². The second-order valence-electron chi connectivity index (χ2n) is 19.5. The first-order valence-corrected chi connectivity index (χ1v) is 27.6. The number of halogens is 18. The maximum absolute atomic E-state index is 15.7. The van der Waals surface area contributed by atoms with Crippen LogP contribution in [0.1, 0.15) is 26.3 Å². The second-order valence-corrected chi connectivity index (χ2v) is 23.6. The Kier molecular flexibility index (Phi) is 21.7. The molecule has 0 heterocycles. The van der Waals surface area contributed by atoms with Crippen LogP contribution in [0.3, 0.4) is 0 Å². The Hall–Kier alpha value is -6.08. The number of alkyl halides is 18. The van der Waals surface area contributed by atoms with E-state index in [9.17, 15) is 52.7 Å². The average Bonchev–Trinajstić information content (AvgIpc) is 0.775. The largest absolute Gasteiger partial charge is 0.490 e. The van der Waals surface area contributed by atoms with Crippen LogP contribution in [0, 0.1) is 0 Å². The summed E-state index contributed by atoms with van der Waals surface area (Å²) >= 11 is 0. The molecule has 0 aliphatic carbocycles. The predicted molar refractivity (Wildman–Crippen MR) is 279 cm³/mol. The Morgan fingerprint density at radius 3 is 1.08 bits per heavy atom. The highest BCUT2D eigenvalue weighted by Gasteiger charge is 2.82. The molecule has 0 saturated heterocycles. The van der Waals surface area contributed by atoms with Crippen molar-refractivity contribution in [3.63, 3.8) is 0 Å². The van der Waals surface area contributed by atoms with Gasteiger partial charge in [0.05, 0.1) is 21.8 Å². The van der Waals surface area contributed by atoms with Crippen LogP contribution < -0.4 is 14.2 Å². The number of rotatable bonds is 26. The van der Waals surface area contributed by atoms with Crippen molar-refractivity contribution in [2.45, 2.75) is 122 Å². The molecule has 0 aromatic heterocycles. The highest BCUT2D eigenvalue weighted by molar-refractivity contribution is 7.97. The summed E-state index contributed by atoms with van der Waals surface area (Å²) in [6.45, 7) is -4.92. The van der Waals surface area contributed by atoms with E-state index in [-0.39, 0.29) is 10.5 Å². The third-order valence-corrected chi connectivity index (χ3v) is 17.7. The number of ether oxygens (including phenoxy) is 9. The molecular weight excluding hydrogens is 1250 g/mol. The fourth-order valence-electron chi connectivity index (χ4n) is 9.35. The molecule has 6 aromatic carbocycles. The van der Waals surface area contributed by atoms with Crippen LogP contribution >= 0.6 is 0 Å². The SMILES string of the molecule is COCOC(COc1ccc([S+](c2ccccc2)c2ccc(OC(C)(Cc3cccc([S+](c4ccccc4)c4ccc(OC(C)(C)C(OCOC)(C(F)(F)F)C(F)(F)F)cc4)c3)C(OCOC)(C(F)(F)F)C(F)(F)F)cc2)cc1)(C(F)(F)F)C(F)(F)F. The van der Waals surface area contributed by atoms with Crippen molar-refractivity contribution in [1.82, 2.24) is 0 Å². The van der Waals surface area contributed by atoms with Crippen molar-refractivity contribution in [3.8, 4) is 17.2 Å². The Balaban J connectivity index is 1.41. The Morgan fingerprint density at radius 1 is 0.345 bits per heavy atom. The predicted octanol–water partition coefficient (Wildman–Crippen LogP) is 16.2. The molecule has 0 spiro atoms. The van der Waals surface area contributed by atoms with Gasteiger partial charge in [-0.2, -0.15) is 79.0 Å². The molecule has 0 amide bonds. The molecule has 6 aromatic rings. The van der Waals surface area contributed by atoms with E-state index in [1.807, 2.05) is 0 Å². The maximum atomic E-state index is 15.7. The van der Waals surface area contributed by atoms with Crippen LogP contribution in [0.2, 0.25) is 0 Å². The normalized spacial score (nSPS) is 14.9. The van der Waals surface area contributed by atoms with Gasteiger partial charge in [-0.05, 0) is 136 Å². The van der Waals surface area contributed by atoms with E-state index in [1.54, 1.807) is 60.7 Å². The standard InChI is InChI=1S/C58H54F18O9S2/c1-48(2,51(55(65,66)67,56(68,69)70)82-36-78-5)84-40-22-28-46(29-23-40)87(43-17-11-8-12-18-43)47-19-13-14-38(32-47)33-49(3,52(57(71,72)73,58(74,75)76)83-37-79-6)85-41-24-30-45(31-25-41)86(42-15-9-7-10-16-42)44-26-20-39(21-27-44)80-34-50(53(59,60)61,54(62,63)64)81-35-77-4/h7-32H,33-37H2,1-6H3/q+2. The van der Waals surface area contributed by atoms with Crippen molar-refractivity contribution in [1.29, 1.82) is 0 Å². The van der Waals surface area contributed by atoms with Crippen molar-refractivity contribution in [2.75, 3.05) is 48.3 Å². The molecule has 0 aliphatic heterocycles. The summed E-state index contributed by atoms with van der Waals surface area (Å²) in [5.41, 5.74) is -21.8. The van der Waals surface area contributed by atoms with Gasteiger partial charge in [-0.3, -0.25) is 0 Å². The molecule has 3 atom stereocenters. The van der Waals surface area contributed by atoms with Gasteiger partial charge in [-0.1, -0.05) is 48.5 Å². The first-order chi connectivity index (χ1) is 40.4. The molecule has 6 rings (SSSR count). The van der Waals surface area contributed by atoms with Gasteiger partial charge in [-0.15, -0.1) is 0 Å². The van der Waals surface area contributed by atoms with Crippen LogP contribution in [0.5, 0.6) is 17.2 Å². The smallest absolute Gasteiger partial charge is 0.430 e. The van der Waals surface area contributed by atoms with Gasteiger partial charge >= 0.3 is 48.3 Å². The molecule has 0 N–H and O–H groups in total. The fourth-order valence-corrected chi connectivity index (χ4v) is 13.5. The quantitative estimate of drug-likeness (QED) is 0.0300. The lowest BCUT2D eigenvalue weighted by atomic mass is 9.77. The maximum Gasteiger partial charge on any atom is 0.430 e. The summed E-state index contributed by atoms with van der Waals surface area (Å²) in [5, 5.41) is 0. The molecule has 0 fully saturated rings. The highest BCUT2D eigenvalue weighted by atomic mass is 32.2. The van der Waals surface area contributed by atoms with Crippen molar-refractivity contribution in [3.05, 3.63) is 163 Å². The third-order valence-electron chi connectivity index (χ3n) is 13.3. The summed E-state index contributed by atoms with van der Waals surface area (Å²) < 4.78 is 308. The lowest BCUT2D eigenvalue weighted by molar-refractivity contribution is -0.428. The van der Waals surface area contributed by atoms with Gasteiger partial charge in [0.15, 0.2) is 40.6 Å². The topological polar surface area (TPSA) is 83.1 Å². The summed E-state index contributed by atoms with van der Waals surface area (Å²) in [6, 6.07) is 35.8. The molecule has 0 bridgehead atoms. The number of hydrogen-bond acceptors (Lipinski definition) is 9. The fraction of sp³-hybridized carbons (Fsp3) is 0.379. The van der Waals surface area contributed by atoms with Crippen molar-refractivity contribution >= 4 is 21.8 Å². The molecule has 476 valence electrons. The average molecular weight is 1300 g/mol. The molecule has 0 saturated carbocycles. The van der Waals surface area contributed by atoms with Crippen molar-refractivity contribution < 1.29 is 122 Å². The van der Waals surface area contributed by atoms with E-state index in [2.05, 4.69) is 23.7 Å². The number of hydrogen-bond donors (Lipinski definition) is 0. The zero-order valence-electron chi connectivity index (χ0n) is 46.3. The van der Waals surface area contributed by atoms with Gasteiger partial charge in [0.25, 0.3) is 5.60 Å². The lowest BCUT2D eigenvalue weighted by Crippen LogP contribution is -2.74. The van der Waals surface area contributed by atoms with Crippen LogP contribution in [-0.4, -0.2) is 113 Å². The zero-order chi connectivity index (χ0) is 64.7. The van der Waals surface area contributed by atoms with Crippen LogP contribution in [-0.2, 0) is 56.6 Å². The molecule has 9 nitrogen and oxygen atoms in total. The van der Waals surface area contributed by atoms with E-state index in [0.717, 1.165) is 57.7 Å². The van der Waals surface area contributed by atoms with Crippen LogP contribution in [0.4, 0.5) is 79.0 Å². The van der Waals surface area contributed by atoms with Gasteiger partial charge in [0.2, 0.25) is 0 Å². The Morgan fingerprint density at radius 2 is 0.690 bits per heavy atom. The van der Waals surface area contributed by atoms with Crippen molar-refractivity contribution in [2.24, 2.45) is 0 Å². The molecular formula is C58H54F18O9S2+2. The number of benzene rings is 6. The number of methoxy groups -OCH3 is 3. The first-order valence-electron chi connectivity index (χ1n) is 25.2. The zero-order valence-corrected chi connectivity index (χ0v) is 48.0. The summed E-state index contributed by atoms with van der Waals surface area (Å²) in [6.07, 6.45) is -38.1. The summed E-state index contributed by atoms with van der Waals surface area (Å²) in [4.78, 5) is 2.23.